The van der Waals surface area contributed by atoms with Crippen molar-refractivity contribution in [2.24, 2.45) is 5.41 Å². The van der Waals surface area contributed by atoms with Crippen molar-refractivity contribution >= 4 is 14.3 Å². The summed E-state index contributed by atoms with van der Waals surface area (Å²) >= 11 is 0. The predicted octanol–water partition coefficient (Wildman–Crippen LogP) is 2.98. The molecule has 0 unspecified atom stereocenters. The van der Waals surface area contributed by atoms with E-state index in [1.165, 1.54) is 7.11 Å². The van der Waals surface area contributed by atoms with E-state index in [1.54, 1.807) is 0 Å². The molecule has 0 bridgehead atoms. The fourth-order valence-electron chi connectivity index (χ4n) is 1.92. The van der Waals surface area contributed by atoms with E-state index in [0.717, 1.165) is 0 Å². The maximum atomic E-state index is 12.1. The summed E-state index contributed by atoms with van der Waals surface area (Å²) < 4.78 is 16.6. The first-order valence-corrected chi connectivity index (χ1v) is 9.86. The fourth-order valence-corrected chi connectivity index (χ4v) is 2.99. The topological polar surface area (TPSA) is 44.8 Å². The lowest BCUT2D eigenvalue weighted by Gasteiger charge is -2.41. The SMILES string of the molecule is COC(=O)C1(CO[Si](C)(C)C(C)(C)C)CCOCC1. The second-order valence-corrected chi connectivity index (χ2v) is 11.7. The van der Waals surface area contributed by atoms with Crippen LogP contribution in [0.1, 0.15) is 33.6 Å². The van der Waals surface area contributed by atoms with Gasteiger partial charge in [-0.1, -0.05) is 20.8 Å². The van der Waals surface area contributed by atoms with Crippen LogP contribution < -0.4 is 0 Å². The predicted molar refractivity (Wildman–Crippen MR) is 77.7 cm³/mol. The van der Waals surface area contributed by atoms with E-state index in [1.807, 2.05) is 0 Å². The molecule has 0 spiro atoms. The maximum Gasteiger partial charge on any atom is 0.314 e. The maximum absolute atomic E-state index is 12.1. The van der Waals surface area contributed by atoms with Gasteiger partial charge in [0.05, 0.1) is 19.1 Å². The molecule has 0 N–H and O–H groups in total. The molecular weight excluding hydrogens is 260 g/mol. The molecule has 19 heavy (non-hydrogen) atoms. The standard InChI is InChI=1S/C14H28O4Si/c1-13(2,3)19(5,6)18-11-14(12(15)16-4)7-9-17-10-8-14/h7-11H2,1-6H3. The van der Waals surface area contributed by atoms with Crippen molar-refractivity contribution in [1.82, 2.24) is 0 Å². The zero-order valence-electron chi connectivity index (χ0n) is 13.2. The van der Waals surface area contributed by atoms with E-state index >= 15 is 0 Å². The molecule has 4 nitrogen and oxygen atoms in total. The van der Waals surface area contributed by atoms with Gasteiger partial charge in [-0.05, 0) is 31.0 Å². The van der Waals surface area contributed by atoms with Gasteiger partial charge in [-0.2, -0.15) is 0 Å². The molecule has 1 aliphatic heterocycles. The Balaban J connectivity index is 2.77. The highest BCUT2D eigenvalue weighted by atomic mass is 28.4. The number of rotatable bonds is 4. The molecule has 0 aliphatic carbocycles. The molecule has 1 aliphatic rings. The van der Waals surface area contributed by atoms with Crippen LogP contribution in [-0.2, 0) is 18.7 Å². The average Bonchev–Trinajstić information content (AvgIpc) is 2.35. The minimum atomic E-state index is -1.84. The largest absolute Gasteiger partial charge is 0.469 e. The van der Waals surface area contributed by atoms with Crippen LogP contribution in [0.15, 0.2) is 0 Å². The molecule has 0 aromatic heterocycles. The second kappa shape index (κ2) is 5.93. The number of ether oxygens (including phenoxy) is 2. The first-order chi connectivity index (χ1) is 8.65. The van der Waals surface area contributed by atoms with Crippen LogP contribution in [0.25, 0.3) is 0 Å². The molecule has 1 heterocycles. The van der Waals surface area contributed by atoms with E-state index in [9.17, 15) is 4.79 Å². The molecule has 0 atom stereocenters. The average molecular weight is 288 g/mol. The van der Waals surface area contributed by atoms with Gasteiger partial charge >= 0.3 is 5.97 Å². The molecule has 1 rings (SSSR count). The van der Waals surface area contributed by atoms with Crippen molar-refractivity contribution in [1.29, 1.82) is 0 Å². The quantitative estimate of drug-likeness (QED) is 0.589. The minimum Gasteiger partial charge on any atom is -0.469 e. The smallest absolute Gasteiger partial charge is 0.314 e. The van der Waals surface area contributed by atoms with Crippen molar-refractivity contribution in [2.45, 2.75) is 51.7 Å². The summed E-state index contributed by atoms with van der Waals surface area (Å²) in [6.45, 7) is 12.7. The molecule has 1 saturated heterocycles. The summed E-state index contributed by atoms with van der Waals surface area (Å²) in [6.07, 6.45) is 1.38. The molecule has 0 amide bonds. The van der Waals surface area contributed by atoms with Gasteiger partial charge in [-0.15, -0.1) is 0 Å². The number of esters is 1. The van der Waals surface area contributed by atoms with Gasteiger partial charge in [0.1, 0.15) is 0 Å². The van der Waals surface area contributed by atoms with E-state index in [4.69, 9.17) is 13.9 Å². The molecule has 112 valence electrons. The van der Waals surface area contributed by atoms with Crippen LogP contribution in [0.3, 0.4) is 0 Å². The third-order valence-corrected chi connectivity index (χ3v) is 9.06. The molecular formula is C14H28O4Si. The Hall–Kier alpha value is -0.393. The molecule has 0 aromatic carbocycles. The van der Waals surface area contributed by atoms with Gasteiger partial charge in [0.2, 0.25) is 0 Å². The van der Waals surface area contributed by atoms with Gasteiger partial charge in [-0.25, -0.2) is 0 Å². The van der Waals surface area contributed by atoms with Crippen LogP contribution in [0.2, 0.25) is 18.1 Å². The van der Waals surface area contributed by atoms with Gasteiger partial charge in [0.15, 0.2) is 8.32 Å². The van der Waals surface area contributed by atoms with Crippen molar-refractivity contribution in [3.63, 3.8) is 0 Å². The van der Waals surface area contributed by atoms with E-state index < -0.39 is 13.7 Å². The summed E-state index contributed by atoms with van der Waals surface area (Å²) in [5, 5.41) is 0.148. The van der Waals surface area contributed by atoms with Crippen molar-refractivity contribution in [3.8, 4) is 0 Å². The highest BCUT2D eigenvalue weighted by Gasteiger charge is 2.45. The van der Waals surface area contributed by atoms with Crippen molar-refractivity contribution in [2.75, 3.05) is 26.9 Å². The third kappa shape index (κ3) is 3.80. The Morgan fingerprint density at radius 2 is 1.79 bits per heavy atom. The lowest BCUT2D eigenvalue weighted by Crippen LogP contribution is -2.48. The first-order valence-electron chi connectivity index (χ1n) is 6.95. The molecule has 1 fully saturated rings. The van der Waals surface area contributed by atoms with Gasteiger partial charge in [0.25, 0.3) is 0 Å². The Labute approximate surface area is 117 Å². The molecule has 5 heteroatoms. The number of carbonyl (C=O) groups is 1. The second-order valence-electron chi connectivity index (χ2n) is 6.93. The van der Waals surface area contributed by atoms with E-state index in [0.29, 0.717) is 32.7 Å². The van der Waals surface area contributed by atoms with Crippen LogP contribution in [0.5, 0.6) is 0 Å². The lowest BCUT2D eigenvalue weighted by molar-refractivity contribution is -0.161. The number of hydrogen-bond acceptors (Lipinski definition) is 4. The summed E-state index contributed by atoms with van der Waals surface area (Å²) in [4.78, 5) is 12.1. The van der Waals surface area contributed by atoms with Crippen LogP contribution >= 0.6 is 0 Å². The molecule has 0 saturated carbocycles. The number of hydrogen-bond donors (Lipinski definition) is 0. The lowest BCUT2D eigenvalue weighted by atomic mass is 9.81. The Bertz CT molecular complexity index is 314. The van der Waals surface area contributed by atoms with Gasteiger partial charge in [-0.3, -0.25) is 4.79 Å². The van der Waals surface area contributed by atoms with Crippen molar-refractivity contribution < 1.29 is 18.7 Å². The van der Waals surface area contributed by atoms with Gasteiger partial charge in [0, 0.05) is 13.2 Å². The fraction of sp³-hybridized carbons (Fsp3) is 0.929. The van der Waals surface area contributed by atoms with E-state index in [2.05, 4.69) is 33.9 Å². The summed E-state index contributed by atoms with van der Waals surface area (Å²) in [6, 6.07) is 0. The van der Waals surface area contributed by atoms with Crippen LogP contribution in [0.4, 0.5) is 0 Å². The van der Waals surface area contributed by atoms with Crippen LogP contribution in [-0.4, -0.2) is 41.2 Å². The summed E-state index contributed by atoms with van der Waals surface area (Å²) in [5.41, 5.74) is -0.511. The van der Waals surface area contributed by atoms with Gasteiger partial charge < -0.3 is 13.9 Å². The summed E-state index contributed by atoms with van der Waals surface area (Å²) in [5.74, 6) is -0.158. The Morgan fingerprint density at radius 3 is 2.21 bits per heavy atom. The third-order valence-electron chi connectivity index (χ3n) is 4.58. The van der Waals surface area contributed by atoms with Crippen LogP contribution in [0, 0.1) is 5.41 Å². The molecule has 0 radical (unpaired) electrons. The minimum absolute atomic E-state index is 0.148. The van der Waals surface area contributed by atoms with E-state index in [-0.39, 0.29) is 11.0 Å². The summed E-state index contributed by atoms with van der Waals surface area (Å²) in [7, 11) is -0.393. The highest BCUT2D eigenvalue weighted by molar-refractivity contribution is 6.74. The first kappa shape index (κ1) is 16.7. The normalized spacial score (nSPS) is 20.1. The zero-order chi connectivity index (χ0) is 14.7. The van der Waals surface area contributed by atoms with Crippen molar-refractivity contribution in [3.05, 3.63) is 0 Å². The Kier molecular flexibility index (Phi) is 5.20. The Morgan fingerprint density at radius 1 is 1.26 bits per heavy atom. The zero-order valence-corrected chi connectivity index (χ0v) is 14.2. The highest BCUT2D eigenvalue weighted by Crippen LogP contribution is 2.40. The monoisotopic (exact) mass is 288 g/mol. The number of carbonyl (C=O) groups excluding carboxylic acids is 1. The number of methoxy groups -OCH3 is 1. The molecule has 0 aromatic rings.